The van der Waals surface area contributed by atoms with Gasteiger partial charge in [0.2, 0.25) is 0 Å². The van der Waals surface area contributed by atoms with E-state index in [2.05, 4.69) is 95.3 Å². The molecule has 4 rings (SSSR count). The number of carbonyl (C=O) groups excluding carboxylic acids is 2. The van der Waals surface area contributed by atoms with Gasteiger partial charge < -0.3 is 18.9 Å². The van der Waals surface area contributed by atoms with Crippen LogP contribution in [0.3, 0.4) is 0 Å². The molecule has 4 aromatic carbocycles. The van der Waals surface area contributed by atoms with E-state index in [4.69, 9.17) is 18.9 Å². The van der Waals surface area contributed by atoms with Gasteiger partial charge in [-0.25, -0.2) is 9.59 Å². The second kappa shape index (κ2) is 19.7. The molecule has 0 bridgehead atoms. The summed E-state index contributed by atoms with van der Waals surface area (Å²) in [5.41, 5.74) is 4.03. The van der Waals surface area contributed by atoms with Crippen molar-refractivity contribution in [3.05, 3.63) is 125 Å². The van der Waals surface area contributed by atoms with Gasteiger partial charge in [0.15, 0.2) is 0 Å². The van der Waals surface area contributed by atoms with Crippen molar-refractivity contribution in [1.82, 2.24) is 0 Å². The molecule has 4 atom stereocenters. The fourth-order valence-electron chi connectivity index (χ4n) is 6.52. The highest BCUT2D eigenvalue weighted by Gasteiger charge is 2.27. The van der Waals surface area contributed by atoms with Crippen molar-refractivity contribution in [3.63, 3.8) is 0 Å². The fraction of sp³-hybridized carbons (Fsp3) is 0.422. The van der Waals surface area contributed by atoms with Crippen LogP contribution in [-0.4, -0.2) is 32.3 Å². The molecular weight excluding hydrogens is 636 g/mol. The second-order valence-corrected chi connectivity index (χ2v) is 14.3. The Balaban J connectivity index is 1.50. The van der Waals surface area contributed by atoms with E-state index in [1.807, 2.05) is 18.2 Å². The van der Waals surface area contributed by atoms with Crippen LogP contribution in [0.25, 0.3) is 0 Å². The molecule has 4 unspecified atom stereocenters. The highest BCUT2D eigenvalue weighted by atomic mass is 16.5. The van der Waals surface area contributed by atoms with E-state index in [0.717, 1.165) is 43.1 Å². The number of carbonyl (C=O) groups is 2. The summed E-state index contributed by atoms with van der Waals surface area (Å²) in [6.45, 7) is 11.3. The van der Waals surface area contributed by atoms with Gasteiger partial charge in [0.1, 0.15) is 23.4 Å². The topological polar surface area (TPSA) is 71.1 Å². The highest BCUT2D eigenvalue weighted by Crippen LogP contribution is 2.33. The van der Waals surface area contributed by atoms with Crippen molar-refractivity contribution >= 4 is 11.9 Å². The zero-order chi connectivity index (χ0) is 36.8. The molecule has 0 spiro atoms. The summed E-state index contributed by atoms with van der Waals surface area (Å²) in [5, 5.41) is 0. The number of hydrogen-bond donors (Lipinski definition) is 0. The lowest BCUT2D eigenvalue weighted by molar-refractivity contribution is 0.0553. The molecular formula is C45H56O6. The minimum Gasteiger partial charge on any atom is -0.490 e. The van der Waals surface area contributed by atoms with Crippen LogP contribution in [0.4, 0.5) is 0 Å². The Morgan fingerprint density at radius 2 is 1.31 bits per heavy atom. The molecule has 0 aliphatic rings. The molecule has 51 heavy (non-hydrogen) atoms. The number of ether oxygens (including phenoxy) is 4. The van der Waals surface area contributed by atoms with Crippen LogP contribution >= 0.6 is 0 Å². The van der Waals surface area contributed by atoms with Crippen LogP contribution in [0.15, 0.2) is 97.1 Å². The summed E-state index contributed by atoms with van der Waals surface area (Å²) < 4.78 is 22.8. The first-order valence-electron chi connectivity index (χ1n) is 18.5. The monoisotopic (exact) mass is 692 g/mol. The van der Waals surface area contributed by atoms with Gasteiger partial charge in [0.05, 0.1) is 25.3 Å². The first-order valence-corrected chi connectivity index (χ1v) is 18.5. The van der Waals surface area contributed by atoms with Crippen molar-refractivity contribution < 1.29 is 28.5 Å². The van der Waals surface area contributed by atoms with Gasteiger partial charge >= 0.3 is 11.9 Å². The van der Waals surface area contributed by atoms with Crippen molar-refractivity contribution in [2.45, 2.75) is 85.7 Å². The normalized spacial score (nSPS) is 13.6. The van der Waals surface area contributed by atoms with Crippen molar-refractivity contribution in [2.75, 3.05) is 14.2 Å². The smallest absolute Gasteiger partial charge is 0.338 e. The maximum Gasteiger partial charge on any atom is 0.338 e. The van der Waals surface area contributed by atoms with Crippen LogP contribution < -0.4 is 9.47 Å². The van der Waals surface area contributed by atoms with E-state index >= 15 is 0 Å². The van der Waals surface area contributed by atoms with Gasteiger partial charge in [0.25, 0.3) is 0 Å². The summed E-state index contributed by atoms with van der Waals surface area (Å²) in [7, 11) is 2.59. The number of esters is 2. The molecule has 0 aliphatic heterocycles. The standard InChI is InChI=1S/C45H56O6/c1-8-32(4)14-12-15-33(5)37(29-43(31(2)3)51-40-24-25-41(44(46)48-6)42(30-40)45(47)49-7)27-35-20-22-38(23-21-35)50-39-19-13-18-36(28-39)26-34-16-10-9-11-17-34/h9-11,13,16-25,28,30-33,37,43H,8,12,14-15,26-27,29H2,1-7H3. The predicted molar refractivity (Wildman–Crippen MR) is 205 cm³/mol. The molecule has 0 amide bonds. The van der Waals surface area contributed by atoms with E-state index in [-0.39, 0.29) is 23.1 Å². The summed E-state index contributed by atoms with van der Waals surface area (Å²) in [4.78, 5) is 24.9. The van der Waals surface area contributed by atoms with Crippen LogP contribution in [0.2, 0.25) is 0 Å². The van der Waals surface area contributed by atoms with Crippen LogP contribution in [0.5, 0.6) is 17.2 Å². The fourth-order valence-corrected chi connectivity index (χ4v) is 6.52. The van der Waals surface area contributed by atoms with E-state index in [9.17, 15) is 9.59 Å². The lowest BCUT2D eigenvalue weighted by Crippen LogP contribution is -2.30. The van der Waals surface area contributed by atoms with E-state index in [1.54, 1.807) is 18.2 Å². The Morgan fingerprint density at radius 3 is 1.98 bits per heavy atom. The van der Waals surface area contributed by atoms with Crippen molar-refractivity contribution in [3.8, 4) is 17.2 Å². The van der Waals surface area contributed by atoms with Gasteiger partial charge in [-0.05, 0) is 102 Å². The molecule has 272 valence electrons. The lowest BCUT2D eigenvalue weighted by atomic mass is 9.79. The average Bonchev–Trinajstić information content (AvgIpc) is 3.14. The maximum absolute atomic E-state index is 12.6. The Kier molecular flexibility index (Phi) is 15.2. The van der Waals surface area contributed by atoms with Crippen molar-refractivity contribution in [2.24, 2.45) is 23.7 Å². The lowest BCUT2D eigenvalue weighted by Gasteiger charge is -2.31. The van der Waals surface area contributed by atoms with Gasteiger partial charge in [-0.3, -0.25) is 0 Å². The SMILES string of the molecule is CCC(C)CCCC(C)C(Cc1ccc(Oc2cccc(Cc3ccccc3)c2)cc1)CC(Oc1ccc(C(=O)OC)c(C(=O)OC)c1)C(C)C. The largest absolute Gasteiger partial charge is 0.490 e. The summed E-state index contributed by atoms with van der Waals surface area (Å²) >= 11 is 0. The summed E-state index contributed by atoms with van der Waals surface area (Å²) in [6, 6.07) is 32.2. The van der Waals surface area contributed by atoms with Crippen molar-refractivity contribution in [1.29, 1.82) is 0 Å². The zero-order valence-corrected chi connectivity index (χ0v) is 31.5. The Labute approximate surface area is 305 Å². The number of methoxy groups -OCH3 is 2. The molecule has 0 saturated heterocycles. The molecule has 0 saturated carbocycles. The molecule has 0 aromatic heterocycles. The van der Waals surface area contributed by atoms with Crippen LogP contribution in [-0.2, 0) is 22.3 Å². The van der Waals surface area contributed by atoms with Crippen LogP contribution in [0.1, 0.15) is 104 Å². The minimum atomic E-state index is -0.609. The maximum atomic E-state index is 12.6. The minimum absolute atomic E-state index is 0.104. The molecule has 4 aromatic rings. The second-order valence-electron chi connectivity index (χ2n) is 14.3. The Hall–Kier alpha value is -4.58. The number of rotatable bonds is 19. The average molecular weight is 693 g/mol. The molecule has 0 heterocycles. The van der Waals surface area contributed by atoms with E-state index in [0.29, 0.717) is 17.6 Å². The summed E-state index contributed by atoms with van der Waals surface area (Å²) in [6.07, 6.45) is 7.31. The molecule has 6 nitrogen and oxygen atoms in total. The third-order valence-electron chi connectivity index (χ3n) is 10.0. The van der Waals surface area contributed by atoms with E-state index < -0.39 is 11.9 Å². The third kappa shape index (κ3) is 12.0. The molecule has 0 fully saturated rings. The van der Waals surface area contributed by atoms with Gasteiger partial charge in [-0.15, -0.1) is 0 Å². The number of hydrogen-bond acceptors (Lipinski definition) is 6. The Bertz CT molecular complexity index is 1660. The van der Waals surface area contributed by atoms with Crippen LogP contribution in [0, 0.1) is 23.7 Å². The molecule has 0 N–H and O–H groups in total. The Morgan fingerprint density at radius 1 is 0.647 bits per heavy atom. The van der Waals surface area contributed by atoms with Gasteiger partial charge in [0, 0.05) is 0 Å². The van der Waals surface area contributed by atoms with E-state index in [1.165, 1.54) is 50.2 Å². The first kappa shape index (κ1) is 39.2. The summed E-state index contributed by atoms with van der Waals surface area (Å²) in [5.74, 6) is 2.76. The number of benzene rings is 4. The molecule has 6 heteroatoms. The third-order valence-corrected chi connectivity index (χ3v) is 10.0. The molecule has 0 radical (unpaired) electrons. The highest BCUT2D eigenvalue weighted by molar-refractivity contribution is 6.03. The van der Waals surface area contributed by atoms with Gasteiger partial charge in [-0.1, -0.05) is 115 Å². The zero-order valence-electron chi connectivity index (χ0n) is 31.5. The quantitative estimate of drug-likeness (QED) is 0.0911. The van der Waals surface area contributed by atoms with Gasteiger partial charge in [-0.2, -0.15) is 0 Å². The first-order chi connectivity index (χ1) is 24.6. The molecule has 0 aliphatic carbocycles. The predicted octanol–water partition coefficient (Wildman–Crippen LogP) is 11.1.